The van der Waals surface area contributed by atoms with Gasteiger partial charge in [0.1, 0.15) is 0 Å². The van der Waals surface area contributed by atoms with Crippen molar-refractivity contribution in [3.05, 3.63) is 70.2 Å². The van der Waals surface area contributed by atoms with Gasteiger partial charge in [-0.25, -0.2) is 0 Å². The van der Waals surface area contributed by atoms with E-state index in [0.29, 0.717) is 5.92 Å². The van der Waals surface area contributed by atoms with Crippen LogP contribution in [0.5, 0.6) is 0 Å². The molecule has 1 heterocycles. The van der Waals surface area contributed by atoms with Gasteiger partial charge in [-0.3, -0.25) is 0 Å². The summed E-state index contributed by atoms with van der Waals surface area (Å²) in [5, 5.41) is 0.868. The first kappa shape index (κ1) is 11.8. The number of likely N-dealkylation sites (N-methyl/N-ethyl adjacent to an activating group) is 1. The molecule has 1 unspecified atom stereocenters. The van der Waals surface area contributed by atoms with E-state index in [0.717, 1.165) is 18.1 Å². The minimum Gasteiger partial charge on any atom is -0.301 e. The number of benzene rings is 2. The summed E-state index contributed by atoms with van der Waals surface area (Å²) in [7, 11) is 2.17. The average molecular weight is 258 g/mol. The second kappa shape index (κ2) is 4.75. The highest BCUT2D eigenvalue weighted by Crippen LogP contribution is 2.35. The summed E-state index contributed by atoms with van der Waals surface area (Å²) in [6, 6.07) is 16.9. The van der Waals surface area contributed by atoms with E-state index in [-0.39, 0.29) is 0 Å². The maximum atomic E-state index is 6.35. The molecule has 0 radical (unpaired) electrons. The fraction of sp³-hybridized carbons (Fsp3) is 0.250. The van der Waals surface area contributed by atoms with Crippen molar-refractivity contribution in [3.63, 3.8) is 0 Å². The highest BCUT2D eigenvalue weighted by Gasteiger charge is 2.25. The maximum Gasteiger partial charge on any atom is 0.0444 e. The molecule has 1 atom stereocenters. The smallest absolute Gasteiger partial charge is 0.0444 e. The molecule has 0 N–H and O–H groups in total. The van der Waals surface area contributed by atoms with Crippen molar-refractivity contribution >= 4 is 11.6 Å². The number of fused-ring (bicyclic) bond motifs is 1. The zero-order valence-electron chi connectivity index (χ0n) is 10.4. The zero-order valence-corrected chi connectivity index (χ0v) is 11.2. The number of halogens is 1. The van der Waals surface area contributed by atoms with Crippen LogP contribution in [-0.4, -0.2) is 18.5 Å². The van der Waals surface area contributed by atoms with E-state index >= 15 is 0 Å². The first-order valence-corrected chi connectivity index (χ1v) is 6.64. The lowest BCUT2D eigenvalue weighted by atomic mass is 9.85. The third-order valence-electron chi connectivity index (χ3n) is 3.65. The molecule has 3 rings (SSSR count). The summed E-state index contributed by atoms with van der Waals surface area (Å²) in [6.45, 7) is 2.05. The summed E-state index contributed by atoms with van der Waals surface area (Å²) < 4.78 is 0. The Bertz CT molecular complexity index is 565. The highest BCUT2D eigenvalue weighted by atomic mass is 35.5. The van der Waals surface area contributed by atoms with Gasteiger partial charge >= 0.3 is 0 Å². The summed E-state index contributed by atoms with van der Waals surface area (Å²) in [6.07, 6.45) is 0. The van der Waals surface area contributed by atoms with Crippen LogP contribution in [0.3, 0.4) is 0 Å². The van der Waals surface area contributed by atoms with E-state index in [2.05, 4.69) is 48.3 Å². The van der Waals surface area contributed by atoms with Gasteiger partial charge in [-0.1, -0.05) is 54.1 Å². The molecule has 18 heavy (non-hydrogen) atoms. The van der Waals surface area contributed by atoms with Gasteiger partial charge in [0, 0.05) is 24.0 Å². The van der Waals surface area contributed by atoms with E-state index in [1.165, 1.54) is 16.7 Å². The van der Waals surface area contributed by atoms with Crippen molar-refractivity contribution in [3.8, 4) is 0 Å². The van der Waals surface area contributed by atoms with Crippen LogP contribution in [0, 0.1) is 0 Å². The van der Waals surface area contributed by atoms with Gasteiger partial charge in [0.05, 0.1) is 0 Å². The molecule has 2 aromatic carbocycles. The standard InChI is InChI=1S/C16H16ClN/c1-18-10-12-6-2-3-7-13(12)15(11-18)14-8-4-5-9-16(14)17/h2-9,15H,10-11H2,1H3. The predicted molar refractivity (Wildman–Crippen MR) is 76.1 cm³/mol. The summed E-state index contributed by atoms with van der Waals surface area (Å²) in [5.41, 5.74) is 4.07. The Labute approximate surface area is 113 Å². The van der Waals surface area contributed by atoms with Crippen LogP contribution in [-0.2, 0) is 6.54 Å². The maximum absolute atomic E-state index is 6.35. The van der Waals surface area contributed by atoms with Gasteiger partial charge in [0.2, 0.25) is 0 Å². The first-order valence-electron chi connectivity index (χ1n) is 6.26. The van der Waals surface area contributed by atoms with Crippen LogP contribution in [0.15, 0.2) is 48.5 Å². The van der Waals surface area contributed by atoms with Crippen LogP contribution in [0.25, 0.3) is 0 Å². The largest absolute Gasteiger partial charge is 0.301 e. The summed E-state index contributed by atoms with van der Waals surface area (Å²) in [4.78, 5) is 2.36. The van der Waals surface area contributed by atoms with Crippen LogP contribution in [0.2, 0.25) is 5.02 Å². The van der Waals surface area contributed by atoms with Gasteiger partial charge in [-0.15, -0.1) is 0 Å². The molecule has 0 saturated heterocycles. The predicted octanol–water partition coefficient (Wildman–Crippen LogP) is 3.92. The molecule has 0 aliphatic carbocycles. The monoisotopic (exact) mass is 257 g/mol. The third kappa shape index (κ3) is 2.05. The Morgan fingerprint density at radius 2 is 1.67 bits per heavy atom. The van der Waals surface area contributed by atoms with Gasteiger partial charge < -0.3 is 4.90 Å². The molecular formula is C16H16ClN. The van der Waals surface area contributed by atoms with E-state index < -0.39 is 0 Å². The molecule has 2 aromatic rings. The average Bonchev–Trinajstić information content (AvgIpc) is 2.38. The molecule has 92 valence electrons. The number of nitrogens with zero attached hydrogens (tertiary/aromatic N) is 1. The van der Waals surface area contributed by atoms with Crippen LogP contribution < -0.4 is 0 Å². The number of rotatable bonds is 1. The molecular weight excluding hydrogens is 242 g/mol. The molecule has 1 aliphatic rings. The van der Waals surface area contributed by atoms with E-state index in [4.69, 9.17) is 11.6 Å². The Morgan fingerprint density at radius 3 is 2.44 bits per heavy atom. The van der Waals surface area contributed by atoms with E-state index in [9.17, 15) is 0 Å². The molecule has 0 fully saturated rings. The normalized spacial score (nSPS) is 19.6. The van der Waals surface area contributed by atoms with Crippen LogP contribution >= 0.6 is 11.6 Å². The van der Waals surface area contributed by atoms with Gasteiger partial charge in [0.25, 0.3) is 0 Å². The molecule has 0 aromatic heterocycles. The third-order valence-corrected chi connectivity index (χ3v) is 3.99. The second-order valence-electron chi connectivity index (χ2n) is 4.97. The Hall–Kier alpha value is -1.31. The molecule has 1 aliphatic heterocycles. The minimum atomic E-state index is 0.383. The topological polar surface area (TPSA) is 3.24 Å². The summed E-state index contributed by atoms with van der Waals surface area (Å²) >= 11 is 6.35. The molecule has 1 nitrogen and oxygen atoms in total. The van der Waals surface area contributed by atoms with Crippen molar-refractivity contribution in [2.24, 2.45) is 0 Å². The fourth-order valence-corrected chi connectivity index (χ4v) is 3.07. The van der Waals surface area contributed by atoms with Crippen molar-refractivity contribution in [1.29, 1.82) is 0 Å². The molecule has 0 saturated carbocycles. The summed E-state index contributed by atoms with van der Waals surface area (Å²) in [5.74, 6) is 0.383. The highest BCUT2D eigenvalue weighted by molar-refractivity contribution is 6.31. The minimum absolute atomic E-state index is 0.383. The molecule has 0 spiro atoms. The van der Waals surface area contributed by atoms with Crippen molar-refractivity contribution in [2.75, 3.05) is 13.6 Å². The van der Waals surface area contributed by atoms with Gasteiger partial charge in [-0.2, -0.15) is 0 Å². The number of hydrogen-bond acceptors (Lipinski definition) is 1. The lowest BCUT2D eigenvalue weighted by molar-refractivity contribution is 0.295. The Balaban J connectivity index is 2.11. The molecule has 0 amide bonds. The Morgan fingerprint density at radius 1 is 1.00 bits per heavy atom. The lowest BCUT2D eigenvalue weighted by Gasteiger charge is -2.33. The quantitative estimate of drug-likeness (QED) is 0.749. The van der Waals surface area contributed by atoms with Crippen molar-refractivity contribution < 1.29 is 0 Å². The first-order chi connectivity index (χ1) is 8.75. The second-order valence-corrected chi connectivity index (χ2v) is 5.38. The van der Waals surface area contributed by atoms with Crippen LogP contribution in [0.1, 0.15) is 22.6 Å². The zero-order chi connectivity index (χ0) is 12.5. The van der Waals surface area contributed by atoms with E-state index in [1.807, 2.05) is 12.1 Å². The van der Waals surface area contributed by atoms with Crippen molar-refractivity contribution in [1.82, 2.24) is 4.90 Å². The van der Waals surface area contributed by atoms with Gasteiger partial charge in [-0.05, 0) is 29.8 Å². The van der Waals surface area contributed by atoms with Crippen LogP contribution in [0.4, 0.5) is 0 Å². The van der Waals surface area contributed by atoms with Gasteiger partial charge in [0.15, 0.2) is 0 Å². The lowest BCUT2D eigenvalue weighted by Crippen LogP contribution is -2.31. The SMILES string of the molecule is CN1Cc2ccccc2C(c2ccccc2Cl)C1. The fourth-order valence-electron chi connectivity index (χ4n) is 2.81. The number of hydrogen-bond donors (Lipinski definition) is 0. The van der Waals surface area contributed by atoms with E-state index in [1.54, 1.807) is 0 Å². The van der Waals surface area contributed by atoms with Crippen molar-refractivity contribution in [2.45, 2.75) is 12.5 Å². The molecule has 2 heteroatoms. The molecule has 0 bridgehead atoms. The Kier molecular flexibility index (Phi) is 3.11.